The van der Waals surface area contributed by atoms with Gasteiger partial charge < -0.3 is 10.5 Å². The molecule has 3 nitrogen and oxygen atoms in total. The van der Waals surface area contributed by atoms with E-state index in [-0.39, 0.29) is 5.60 Å². The van der Waals surface area contributed by atoms with E-state index in [2.05, 4.69) is 25.7 Å². The Balaban J connectivity index is 1.89. The maximum absolute atomic E-state index is 6.14. The second kappa shape index (κ2) is 4.63. The van der Waals surface area contributed by atoms with Gasteiger partial charge in [-0.15, -0.1) is 0 Å². The second-order valence-electron chi connectivity index (χ2n) is 6.24. The van der Waals surface area contributed by atoms with Gasteiger partial charge in [0.15, 0.2) is 0 Å². The lowest BCUT2D eigenvalue weighted by molar-refractivity contribution is -0.131. The van der Waals surface area contributed by atoms with E-state index in [9.17, 15) is 0 Å². The van der Waals surface area contributed by atoms with Crippen molar-refractivity contribution in [3.63, 3.8) is 0 Å². The minimum atomic E-state index is 0.000363. The van der Waals surface area contributed by atoms with Crippen LogP contribution in [0.5, 0.6) is 0 Å². The first kappa shape index (κ1) is 12.3. The number of morpholine rings is 1. The van der Waals surface area contributed by atoms with Gasteiger partial charge >= 0.3 is 0 Å². The molecule has 3 atom stereocenters. The fourth-order valence-corrected chi connectivity index (χ4v) is 3.35. The molecule has 0 aromatic carbocycles. The molecular weight excluding hydrogens is 200 g/mol. The summed E-state index contributed by atoms with van der Waals surface area (Å²) in [4.78, 5) is 2.55. The van der Waals surface area contributed by atoms with Crippen molar-refractivity contribution in [3.05, 3.63) is 0 Å². The predicted octanol–water partition coefficient (Wildman–Crippen LogP) is 1.61. The summed E-state index contributed by atoms with van der Waals surface area (Å²) in [5.41, 5.74) is 6.14. The minimum absolute atomic E-state index is 0.000363. The topological polar surface area (TPSA) is 38.5 Å². The maximum Gasteiger partial charge on any atom is 0.0757 e. The summed E-state index contributed by atoms with van der Waals surface area (Å²) in [5.74, 6) is 0.709. The van der Waals surface area contributed by atoms with Crippen LogP contribution in [0.4, 0.5) is 0 Å². The van der Waals surface area contributed by atoms with Gasteiger partial charge in [-0.1, -0.05) is 6.42 Å². The molecule has 94 valence electrons. The van der Waals surface area contributed by atoms with Crippen LogP contribution in [-0.2, 0) is 4.74 Å². The van der Waals surface area contributed by atoms with Gasteiger partial charge in [0.25, 0.3) is 0 Å². The van der Waals surface area contributed by atoms with E-state index in [0.717, 1.165) is 19.6 Å². The number of hydrogen-bond donors (Lipinski definition) is 1. The highest BCUT2D eigenvalue weighted by Gasteiger charge is 2.34. The highest BCUT2D eigenvalue weighted by atomic mass is 16.5. The zero-order valence-electron chi connectivity index (χ0n) is 10.9. The zero-order valence-corrected chi connectivity index (χ0v) is 10.9. The van der Waals surface area contributed by atoms with Crippen LogP contribution >= 0.6 is 0 Å². The molecule has 1 aliphatic carbocycles. The van der Waals surface area contributed by atoms with Gasteiger partial charge in [0.2, 0.25) is 0 Å². The Kier molecular flexibility index (Phi) is 3.57. The average molecular weight is 226 g/mol. The highest BCUT2D eigenvalue weighted by molar-refractivity contribution is 4.87. The molecule has 2 rings (SSSR count). The van der Waals surface area contributed by atoms with E-state index in [1.165, 1.54) is 19.3 Å². The quantitative estimate of drug-likeness (QED) is 0.777. The van der Waals surface area contributed by atoms with Crippen LogP contribution in [0, 0.1) is 5.92 Å². The van der Waals surface area contributed by atoms with Crippen LogP contribution < -0.4 is 5.73 Å². The third kappa shape index (κ3) is 2.96. The first-order valence-corrected chi connectivity index (χ1v) is 6.62. The number of hydrogen-bond acceptors (Lipinski definition) is 3. The summed E-state index contributed by atoms with van der Waals surface area (Å²) >= 11 is 0. The Hall–Kier alpha value is -0.120. The van der Waals surface area contributed by atoms with Crippen molar-refractivity contribution in [1.29, 1.82) is 0 Å². The lowest BCUT2D eigenvalue weighted by atomic mass is 10.00. The van der Waals surface area contributed by atoms with Crippen LogP contribution in [0.3, 0.4) is 0 Å². The number of nitrogens with zero attached hydrogens (tertiary/aromatic N) is 1. The number of rotatable bonds is 2. The molecule has 1 aliphatic heterocycles. The third-order valence-electron chi connectivity index (χ3n) is 3.85. The van der Waals surface area contributed by atoms with Crippen molar-refractivity contribution in [1.82, 2.24) is 4.90 Å². The molecule has 0 amide bonds. The summed E-state index contributed by atoms with van der Waals surface area (Å²) in [6, 6.07) is 0.432. The molecule has 0 aromatic heterocycles. The van der Waals surface area contributed by atoms with Crippen molar-refractivity contribution >= 4 is 0 Å². The van der Waals surface area contributed by atoms with Gasteiger partial charge in [0.05, 0.1) is 11.7 Å². The normalized spacial score (nSPS) is 40.1. The third-order valence-corrected chi connectivity index (χ3v) is 3.85. The minimum Gasteiger partial charge on any atom is -0.370 e. The van der Waals surface area contributed by atoms with E-state index in [1.807, 2.05) is 0 Å². The fourth-order valence-electron chi connectivity index (χ4n) is 3.35. The van der Waals surface area contributed by atoms with Crippen molar-refractivity contribution in [3.8, 4) is 0 Å². The Morgan fingerprint density at radius 2 is 2.12 bits per heavy atom. The largest absolute Gasteiger partial charge is 0.370 e. The molecule has 0 spiro atoms. The number of nitrogens with two attached hydrogens (primary N) is 1. The molecular formula is C13H26N2O. The zero-order chi connectivity index (χ0) is 11.8. The second-order valence-corrected chi connectivity index (χ2v) is 6.24. The first-order chi connectivity index (χ1) is 7.46. The summed E-state index contributed by atoms with van der Waals surface area (Å²) in [6.45, 7) is 9.81. The molecule has 3 heteroatoms. The standard InChI is InChI=1S/C13H26N2O/c1-10-7-15(9-13(2,3)16-10)8-11-5-4-6-12(11)14/h10-12H,4-9,14H2,1-3H3. The van der Waals surface area contributed by atoms with Crippen molar-refractivity contribution < 1.29 is 4.74 Å². The van der Waals surface area contributed by atoms with Gasteiger partial charge in [0.1, 0.15) is 0 Å². The monoisotopic (exact) mass is 226 g/mol. The van der Waals surface area contributed by atoms with Crippen LogP contribution in [0.1, 0.15) is 40.0 Å². The van der Waals surface area contributed by atoms with Gasteiger partial charge in [-0.05, 0) is 39.5 Å². The molecule has 1 saturated carbocycles. The molecule has 0 bridgehead atoms. The molecule has 3 unspecified atom stereocenters. The van der Waals surface area contributed by atoms with Gasteiger partial charge in [-0.2, -0.15) is 0 Å². The Morgan fingerprint density at radius 3 is 2.69 bits per heavy atom. The molecule has 16 heavy (non-hydrogen) atoms. The number of ether oxygens (including phenoxy) is 1. The van der Waals surface area contributed by atoms with Crippen LogP contribution in [0.25, 0.3) is 0 Å². The molecule has 2 aliphatic rings. The fraction of sp³-hybridized carbons (Fsp3) is 1.00. The van der Waals surface area contributed by atoms with Crippen LogP contribution in [-0.4, -0.2) is 42.3 Å². The van der Waals surface area contributed by atoms with E-state index in [0.29, 0.717) is 18.1 Å². The van der Waals surface area contributed by atoms with E-state index >= 15 is 0 Å². The maximum atomic E-state index is 6.14. The molecule has 2 N–H and O–H groups in total. The molecule has 2 fully saturated rings. The van der Waals surface area contributed by atoms with Crippen molar-refractivity contribution in [2.75, 3.05) is 19.6 Å². The molecule has 1 saturated heterocycles. The molecule has 0 radical (unpaired) electrons. The summed E-state index contributed by atoms with van der Waals surface area (Å²) in [6.07, 6.45) is 4.19. The lowest BCUT2D eigenvalue weighted by Crippen LogP contribution is -2.53. The smallest absolute Gasteiger partial charge is 0.0757 e. The Labute approximate surface area is 99.3 Å². The van der Waals surface area contributed by atoms with E-state index < -0.39 is 0 Å². The Bertz CT molecular complexity index is 242. The molecule has 1 heterocycles. The first-order valence-electron chi connectivity index (χ1n) is 6.62. The van der Waals surface area contributed by atoms with Gasteiger partial charge in [-0.3, -0.25) is 4.90 Å². The van der Waals surface area contributed by atoms with Gasteiger partial charge in [0, 0.05) is 25.7 Å². The lowest BCUT2D eigenvalue weighted by Gasteiger charge is -2.43. The van der Waals surface area contributed by atoms with E-state index in [1.54, 1.807) is 0 Å². The van der Waals surface area contributed by atoms with Crippen LogP contribution in [0.15, 0.2) is 0 Å². The summed E-state index contributed by atoms with van der Waals surface area (Å²) in [5, 5.41) is 0. The van der Waals surface area contributed by atoms with E-state index in [4.69, 9.17) is 10.5 Å². The van der Waals surface area contributed by atoms with Crippen molar-refractivity contribution in [2.24, 2.45) is 11.7 Å². The predicted molar refractivity (Wildman–Crippen MR) is 66.4 cm³/mol. The highest BCUT2D eigenvalue weighted by Crippen LogP contribution is 2.27. The summed E-state index contributed by atoms with van der Waals surface area (Å²) in [7, 11) is 0. The molecule has 0 aromatic rings. The SMILES string of the molecule is CC1CN(CC2CCCC2N)CC(C)(C)O1. The van der Waals surface area contributed by atoms with Crippen LogP contribution in [0.2, 0.25) is 0 Å². The average Bonchev–Trinajstić information content (AvgIpc) is 2.48. The summed E-state index contributed by atoms with van der Waals surface area (Å²) < 4.78 is 5.92. The van der Waals surface area contributed by atoms with Crippen molar-refractivity contribution in [2.45, 2.75) is 57.8 Å². The Morgan fingerprint density at radius 1 is 1.38 bits per heavy atom. The van der Waals surface area contributed by atoms with Gasteiger partial charge in [-0.25, -0.2) is 0 Å².